The number of hydrogen-bond acceptors (Lipinski definition) is 3. The first kappa shape index (κ1) is 21.4. The smallest absolute Gasteiger partial charge is 0.417 e. The van der Waals surface area contributed by atoms with Crippen molar-refractivity contribution in [3.63, 3.8) is 0 Å². The Hall–Kier alpha value is -3.29. The van der Waals surface area contributed by atoms with Gasteiger partial charge in [-0.1, -0.05) is 25.1 Å². The summed E-state index contributed by atoms with van der Waals surface area (Å²) in [6.07, 6.45) is 2.54. The average Bonchev–Trinajstić information content (AvgIpc) is 3.12. The zero-order valence-corrected chi connectivity index (χ0v) is 16.4. The van der Waals surface area contributed by atoms with E-state index in [0.29, 0.717) is 36.7 Å². The van der Waals surface area contributed by atoms with E-state index in [2.05, 4.69) is 10.3 Å². The Morgan fingerprint density at radius 3 is 2.77 bits per heavy atom. The number of alkyl halides is 3. The number of hydrogen-bond donors (Lipinski definition) is 1. The predicted octanol–water partition coefficient (Wildman–Crippen LogP) is 4.51. The number of pyridine rings is 1. The Bertz CT molecular complexity index is 1040. The third kappa shape index (κ3) is 5.62. The summed E-state index contributed by atoms with van der Waals surface area (Å²) in [5, 5.41) is 2.75. The molecule has 0 aliphatic rings. The van der Waals surface area contributed by atoms with Crippen molar-refractivity contribution in [1.82, 2.24) is 14.7 Å². The van der Waals surface area contributed by atoms with Crippen molar-refractivity contribution in [3.8, 4) is 5.75 Å². The van der Waals surface area contributed by atoms with E-state index in [1.165, 1.54) is 22.7 Å². The number of amides is 1. The van der Waals surface area contributed by atoms with E-state index in [1.807, 2.05) is 31.2 Å². The van der Waals surface area contributed by atoms with E-state index in [4.69, 9.17) is 4.74 Å². The van der Waals surface area contributed by atoms with E-state index in [-0.39, 0.29) is 5.91 Å². The molecule has 0 spiro atoms. The molecule has 0 fully saturated rings. The number of fused-ring (bicyclic) bond motifs is 1. The molecule has 3 rings (SSSR count). The molecule has 0 aliphatic carbocycles. The summed E-state index contributed by atoms with van der Waals surface area (Å²) in [6, 6.07) is 9.77. The van der Waals surface area contributed by atoms with Crippen molar-refractivity contribution in [2.75, 3.05) is 13.2 Å². The highest BCUT2D eigenvalue weighted by atomic mass is 19.4. The van der Waals surface area contributed by atoms with Gasteiger partial charge >= 0.3 is 6.18 Å². The van der Waals surface area contributed by atoms with Crippen molar-refractivity contribution in [2.45, 2.75) is 25.9 Å². The maximum atomic E-state index is 12.8. The van der Waals surface area contributed by atoms with Gasteiger partial charge in [-0.2, -0.15) is 13.2 Å². The largest absolute Gasteiger partial charge is 0.493 e. The van der Waals surface area contributed by atoms with Gasteiger partial charge < -0.3 is 14.5 Å². The SMILES string of the molecule is CCCOc1ccccc1/C=C/C(=O)NCCc1cn2cc(C(F)(F)F)ccc2n1. The molecule has 8 heteroatoms. The second kappa shape index (κ2) is 9.47. The van der Waals surface area contributed by atoms with Gasteiger partial charge in [0.25, 0.3) is 0 Å². The quantitative estimate of drug-likeness (QED) is 0.549. The number of halogens is 3. The van der Waals surface area contributed by atoms with Crippen molar-refractivity contribution in [3.05, 3.63) is 71.7 Å². The fourth-order valence-corrected chi connectivity index (χ4v) is 2.83. The molecule has 0 radical (unpaired) electrons. The van der Waals surface area contributed by atoms with Gasteiger partial charge in [0.2, 0.25) is 5.91 Å². The standard InChI is InChI=1S/C22H22F3N3O2/c1-2-13-30-19-6-4-3-5-16(19)7-10-21(29)26-12-11-18-15-28-14-17(22(23,24)25)8-9-20(28)27-18/h3-10,14-15H,2,11-13H2,1H3,(H,26,29)/b10-7+. The lowest BCUT2D eigenvalue weighted by Crippen LogP contribution is -2.23. The van der Waals surface area contributed by atoms with Crippen LogP contribution in [0.25, 0.3) is 11.7 Å². The molecule has 1 N–H and O–H groups in total. The third-order valence-corrected chi connectivity index (χ3v) is 4.30. The van der Waals surface area contributed by atoms with Gasteiger partial charge in [0, 0.05) is 37.0 Å². The number of rotatable bonds is 8. The molecule has 158 valence electrons. The van der Waals surface area contributed by atoms with Crippen molar-refractivity contribution in [1.29, 1.82) is 0 Å². The molecule has 2 aromatic heterocycles. The lowest BCUT2D eigenvalue weighted by atomic mass is 10.2. The minimum atomic E-state index is -4.40. The topological polar surface area (TPSA) is 55.6 Å². The lowest BCUT2D eigenvalue weighted by Gasteiger charge is -2.07. The molecule has 0 saturated carbocycles. The Morgan fingerprint density at radius 2 is 2.00 bits per heavy atom. The number of benzene rings is 1. The zero-order chi connectivity index (χ0) is 21.6. The van der Waals surface area contributed by atoms with Crippen LogP contribution in [0.1, 0.15) is 30.2 Å². The molecule has 0 aliphatic heterocycles. The molecular formula is C22H22F3N3O2. The van der Waals surface area contributed by atoms with Gasteiger partial charge in [0.15, 0.2) is 0 Å². The first-order chi connectivity index (χ1) is 14.4. The molecule has 0 unspecified atom stereocenters. The van der Waals surface area contributed by atoms with Crippen LogP contribution in [-0.4, -0.2) is 28.4 Å². The molecule has 3 aromatic rings. The molecule has 1 amide bonds. The van der Waals surface area contributed by atoms with E-state index in [1.54, 1.807) is 6.08 Å². The maximum Gasteiger partial charge on any atom is 0.417 e. The minimum Gasteiger partial charge on any atom is -0.493 e. The summed E-state index contributed by atoms with van der Waals surface area (Å²) in [4.78, 5) is 16.3. The molecule has 30 heavy (non-hydrogen) atoms. The van der Waals surface area contributed by atoms with Crippen LogP contribution in [0.4, 0.5) is 13.2 Å². The first-order valence-corrected chi connectivity index (χ1v) is 9.59. The van der Waals surface area contributed by atoms with Crippen LogP contribution in [0.3, 0.4) is 0 Å². The van der Waals surface area contributed by atoms with Gasteiger partial charge in [-0.05, 0) is 30.7 Å². The highest BCUT2D eigenvalue weighted by Gasteiger charge is 2.30. The summed E-state index contributed by atoms with van der Waals surface area (Å²) in [5.41, 5.74) is 1.09. The van der Waals surface area contributed by atoms with Gasteiger partial charge in [0.05, 0.1) is 17.9 Å². The van der Waals surface area contributed by atoms with Gasteiger partial charge in [-0.15, -0.1) is 0 Å². The van der Waals surface area contributed by atoms with E-state index in [0.717, 1.165) is 24.2 Å². The predicted molar refractivity (Wildman–Crippen MR) is 108 cm³/mol. The lowest BCUT2D eigenvalue weighted by molar-refractivity contribution is -0.137. The molecule has 1 aromatic carbocycles. The maximum absolute atomic E-state index is 12.8. The highest BCUT2D eigenvalue weighted by molar-refractivity contribution is 5.92. The second-order valence-corrected chi connectivity index (χ2v) is 6.67. The number of carbonyl (C=O) groups is 1. The van der Waals surface area contributed by atoms with Crippen LogP contribution in [-0.2, 0) is 17.4 Å². The highest BCUT2D eigenvalue weighted by Crippen LogP contribution is 2.29. The molecule has 0 bridgehead atoms. The summed E-state index contributed by atoms with van der Waals surface area (Å²) in [6.45, 7) is 2.93. The van der Waals surface area contributed by atoms with Crippen molar-refractivity contribution >= 4 is 17.6 Å². The van der Waals surface area contributed by atoms with Crippen LogP contribution < -0.4 is 10.1 Å². The van der Waals surface area contributed by atoms with E-state index in [9.17, 15) is 18.0 Å². The van der Waals surface area contributed by atoms with E-state index < -0.39 is 11.7 Å². The van der Waals surface area contributed by atoms with Gasteiger partial charge in [-0.25, -0.2) is 4.98 Å². The normalized spacial score (nSPS) is 11.9. The fraction of sp³-hybridized carbons (Fsp3) is 0.273. The number of imidazole rings is 1. The summed E-state index contributed by atoms with van der Waals surface area (Å²) < 4.78 is 45.4. The number of nitrogens with zero attached hydrogens (tertiary/aromatic N) is 2. The van der Waals surface area contributed by atoms with Crippen molar-refractivity contribution in [2.24, 2.45) is 0 Å². The number of ether oxygens (including phenoxy) is 1. The summed E-state index contributed by atoms with van der Waals surface area (Å²) in [7, 11) is 0. The number of carbonyl (C=O) groups excluding carboxylic acids is 1. The Balaban J connectivity index is 1.55. The van der Waals surface area contributed by atoms with Gasteiger partial charge in [0.1, 0.15) is 11.4 Å². The molecular weight excluding hydrogens is 395 g/mol. The van der Waals surface area contributed by atoms with Crippen LogP contribution in [0.15, 0.2) is 54.9 Å². The Morgan fingerprint density at radius 1 is 1.20 bits per heavy atom. The fourth-order valence-electron chi connectivity index (χ4n) is 2.83. The average molecular weight is 417 g/mol. The Kier molecular flexibility index (Phi) is 6.76. The van der Waals surface area contributed by atoms with Crippen LogP contribution in [0.5, 0.6) is 5.75 Å². The first-order valence-electron chi connectivity index (χ1n) is 9.59. The monoisotopic (exact) mass is 417 g/mol. The van der Waals surface area contributed by atoms with Crippen molar-refractivity contribution < 1.29 is 22.7 Å². The molecule has 0 atom stereocenters. The van der Waals surface area contributed by atoms with Crippen LogP contribution in [0.2, 0.25) is 0 Å². The van der Waals surface area contributed by atoms with Gasteiger partial charge in [-0.3, -0.25) is 4.79 Å². The number of nitrogens with one attached hydrogen (secondary N) is 1. The molecule has 2 heterocycles. The summed E-state index contributed by atoms with van der Waals surface area (Å²) in [5.74, 6) is 0.440. The number of para-hydroxylation sites is 1. The second-order valence-electron chi connectivity index (χ2n) is 6.67. The number of aromatic nitrogens is 2. The van der Waals surface area contributed by atoms with E-state index >= 15 is 0 Å². The van der Waals surface area contributed by atoms with Crippen LogP contribution >= 0.6 is 0 Å². The third-order valence-electron chi connectivity index (χ3n) is 4.30. The minimum absolute atomic E-state index is 0.275. The Labute approximate surface area is 172 Å². The molecule has 5 nitrogen and oxygen atoms in total. The van der Waals surface area contributed by atoms with Crippen LogP contribution in [0, 0.1) is 0 Å². The molecule has 0 saturated heterocycles. The summed E-state index contributed by atoms with van der Waals surface area (Å²) >= 11 is 0. The zero-order valence-electron chi connectivity index (χ0n) is 16.4.